The maximum Gasteiger partial charge on any atom is 0.404 e. The first-order valence-electron chi connectivity index (χ1n) is 4.23. The van der Waals surface area contributed by atoms with Crippen LogP contribution in [0.4, 0.5) is 4.79 Å². The van der Waals surface area contributed by atoms with E-state index in [0.717, 1.165) is 5.75 Å². The molecule has 0 aromatic carbocycles. The summed E-state index contributed by atoms with van der Waals surface area (Å²) in [7, 11) is 0. The molecule has 2 atom stereocenters. The van der Waals surface area contributed by atoms with Gasteiger partial charge in [-0.25, -0.2) is 4.79 Å². The Kier molecular flexibility index (Phi) is 2.37. The third-order valence-corrected chi connectivity index (χ3v) is 3.51. The Morgan fingerprint density at radius 1 is 1.79 bits per heavy atom. The van der Waals surface area contributed by atoms with Gasteiger partial charge in [0.25, 0.3) is 0 Å². The van der Waals surface area contributed by atoms with Crippen molar-refractivity contribution in [2.75, 3.05) is 12.4 Å². The molecule has 1 fully saturated rings. The first kappa shape index (κ1) is 9.39. The molecule has 2 aliphatic rings. The third-order valence-electron chi connectivity index (χ3n) is 2.22. The van der Waals surface area contributed by atoms with Crippen molar-refractivity contribution in [2.45, 2.75) is 5.37 Å². The Balaban J connectivity index is 1.92. The fraction of sp³-hybridized carbons (Fsp3) is 0.500. The summed E-state index contributed by atoms with van der Waals surface area (Å²) in [5.74, 6) is 0.666. The number of nitrogens with two attached hydrogens (primary N) is 1. The standard InChI is InChI=1S/C8H10N2O3S/c9-8(12)13-4-5-6(11)10-2-1-3-14-7(5)10/h1-2,5,7H,3-4H2,(H2,9,12)/t5?,7-/m0/s1. The number of carbonyl (C=O) groups excluding carboxylic acids is 2. The van der Waals surface area contributed by atoms with Gasteiger partial charge in [-0.2, -0.15) is 0 Å². The lowest BCUT2D eigenvalue weighted by atomic mass is 10.00. The summed E-state index contributed by atoms with van der Waals surface area (Å²) < 4.78 is 4.62. The van der Waals surface area contributed by atoms with Gasteiger partial charge in [0.15, 0.2) is 0 Å². The molecule has 0 aromatic heterocycles. The Hall–Kier alpha value is -1.17. The maximum absolute atomic E-state index is 11.4. The normalized spacial score (nSPS) is 29.4. The van der Waals surface area contributed by atoms with Gasteiger partial charge in [0.05, 0.1) is 5.37 Å². The van der Waals surface area contributed by atoms with Crippen molar-refractivity contribution < 1.29 is 14.3 Å². The van der Waals surface area contributed by atoms with E-state index in [0.29, 0.717) is 0 Å². The maximum atomic E-state index is 11.4. The van der Waals surface area contributed by atoms with Crippen LogP contribution in [0, 0.1) is 5.92 Å². The molecular formula is C8H10N2O3S. The third kappa shape index (κ3) is 1.45. The zero-order valence-electron chi connectivity index (χ0n) is 7.38. The average molecular weight is 214 g/mol. The molecule has 0 aromatic rings. The quantitative estimate of drug-likeness (QED) is 0.663. The minimum atomic E-state index is -0.826. The highest BCUT2D eigenvalue weighted by atomic mass is 32.2. The molecule has 14 heavy (non-hydrogen) atoms. The smallest absolute Gasteiger partial charge is 0.404 e. The molecule has 0 radical (unpaired) electrons. The number of primary amides is 1. The highest BCUT2D eigenvalue weighted by Crippen LogP contribution is 2.38. The Morgan fingerprint density at radius 3 is 3.29 bits per heavy atom. The van der Waals surface area contributed by atoms with E-state index in [2.05, 4.69) is 4.74 Å². The van der Waals surface area contributed by atoms with Crippen molar-refractivity contribution in [2.24, 2.45) is 11.7 Å². The van der Waals surface area contributed by atoms with E-state index in [1.807, 2.05) is 6.08 Å². The molecule has 5 nitrogen and oxygen atoms in total. The Labute approximate surface area is 85.3 Å². The lowest BCUT2D eigenvalue weighted by Gasteiger charge is -2.45. The SMILES string of the molecule is NC(=O)OCC1C(=O)N2C=CCS[C@@H]12. The van der Waals surface area contributed by atoms with Crippen LogP contribution in [-0.4, -0.2) is 34.6 Å². The summed E-state index contributed by atoms with van der Waals surface area (Å²) in [6, 6.07) is 0. The van der Waals surface area contributed by atoms with Crippen LogP contribution in [0.25, 0.3) is 0 Å². The molecule has 0 aliphatic carbocycles. The van der Waals surface area contributed by atoms with Gasteiger partial charge in [0.2, 0.25) is 5.91 Å². The topological polar surface area (TPSA) is 72.6 Å². The van der Waals surface area contributed by atoms with E-state index in [-0.39, 0.29) is 23.8 Å². The summed E-state index contributed by atoms with van der Waals surface area (Å²) in [4.78, 5) is 23.5. The molecule has 2 heterocycles. The molecule has 1 unspecified atom stereocenters. The number of carbonyl (C=O) groups is 2. The minimum Gasteiger partial charge on any atom is -0.449 e. The number of hydrogen-bond donors (Lipinski definition) is 1. The van der Waals surface area contributed by atoms with Crippen LogP contribution in [0.2, 0.25) is 0 Å². The second-order valence-corrected chi connectivity index (χ2v) is 4.24. The zero-order chi connectivity index (χ0) is 10.1. The summed E-state index contributed by atoms with van der Waals surface area (Å²) >= 11 is 1.66. The number of β-lactam (4-membered cyclic amide) rings is 1. The van der Waals surface area contributed by atoms with Crippen molar-refractivity contribution in [3.63, 3.8) is 0 Å². The Bertz CT molecular complexity index is 305. The van der Waals surface area contributed by atoms with Crippen molar-refractivity contribution in [1.29, 1.82) is 0 Å². The number of thioether (sulfide) groups is 1. The molecular weight excluding hydrogens is 204 g/mol. The summed E-state index contributed by atoms with van der Waals surface area (Å²) in [5.41, 5.74) is 4.83. The molecule has 2 rings (SSSR count). The first-order chi connectivity index (χ1) is 6.70. The molecule has 2 aliphatic heterocycles. The Morgan fingerprint density at radius 2 is 2.57 bits per heavy atom. The minimum absolute atomic E-state index is 0.000278. The zero-order valence-corrected chi connectivity index (χ0v) is 8.20. The van der Waals surface area contributed by atoms with Crippen molar-refractivity contribution in [1.82, 2.24) is 4.90 Å². The van der Waals surface area contributed by atoms with Gasteiger partial charge >= 0.3 is 6.09 Å². The van der Waals surface area contributed by atoms with Crippen LogP contribution in [0.3, 0.4) is 0 Å². The summed E-state index contributed by atoms with van der Waals surface area (Å²) in [6.45, 7) is 0.0934. The van der Waals surface area contributed by atoms with Crippen LogP contribution >= 0.6 is 11.8 Å². The number of amides is 2. The summed E-state index contributed by atoms with van der Waals surface area (Å²) in [5, 5.41) is 0.117. The number of hydrogen-bond acceptors (Lipinski definition) is 4. The number of rotatable bonds is 2. The van der Waals surface area contributed by atoms with Crippen LogP contribution in [0.1, 0.15) is 0 Å². The highest BCUT2D eigenvalue weighted by molar-refractivity contribution is 8.00. The molecule has 0 spiro atoms. The molecule has 76 valence electrons. The van der Waals surface area contributed by atoms with Gasteiger partial charge in [0, 0.05) is 12.0 Å². The molecule has 6 heteroatoms. The van der Waals surface area contributed by atoms with E-state index < -0.39 is 6.09 Å². The lowest BCUT2D eigenvalue weighted by molar-refractivity contribution is -0.147. The number of ether oxygens (including phenoxy) is 1. The fourth-order valence-corrected chi connectivity index (χ4v) is 2.70. The number of nitrogens with zero attached hydrogens (tertiary/aromatic N) is 1. The van der Waals surface area contributed by atoms with Crippen LogP contribution in [-0.2, 0) is 9.53 Å². The van der Waals surface area contributed by atoms with Gasteiger partial charge < -0.3 is 15.4 Å². The van der Waals surface area contributed by atoms with E-state index in [4.69, 9.17) is 5.73 Å². The predicted molar refractivity (Wildman–Crippen MR) is 51.3 cm³/mol. The van der Waals surface area contributed by atoms with E-state index >= 15 is 0 Å². The molecule has 1 saturated heterocycles. The molecule has 0 saturated carbocycles. The van der Waals surface area contributed by atoms with Gasteiger partial charge in [0.1, 0.15) is 12.5 Å². The second kappa shape index (κ2) is 3.53. The predicted octanol–water partition coefficient (Wildman–Crippen LogP) is 0.127. The van der Waals surface area contributed by atoms with Crippen LogP contribution in [0.15, 0.2) is 12.3 Å². The van der Waals surface area contributed by atoms with Gasteiger partial charge in [-0.05, 0) is 0 Å². The second-order valence-electron chi connectivity index (χ2n) is 3.09. The monoisotopic (exact) mass is 214 g/mol. The van der Waals surface area contributed by atoms with E-state index in [9.17, 15) is 9.59 Å². The van der Waals surface area contributed by atoms with E-state index in [1.165, 1.54) is 0 Å². The lowest BCUT2D eigenvalue weighted by Crippen LogP contribution is -2.59. The molecule has 0 bridgehead atoms. The summed E-state index contributed by atoms with van der Waals surface area (Å²) in [6.07, 6.45) is 2.89. The van der Waals surface area contributed by atoms with Crippen LogP contribution in [0.5, 0.6) is 0 Å². The van der Waals surface area contributed by atoms with Gasteiger partial charge in [-0.3, -0.25) is 4.79 Å². The largest absolute Gasteiger partial charge is 0.449 e. The van der Waals surface area contributed by atoms with Crippen molar-refractivity contribution in [3.05, 3.63) is 12.3 Å². The average Bonchev–Trinajstić information content (AvgIpc) is 2.17. The van der Waals surface area contributed by atoms with Crippen molar-refractivity contribution in [3.8, 4) is 0 Å². The van der Waals surface area contributed by atoms with E-state index in [1.54, 1.807) is 22.9 Å². The van der Waals surface area contributed by atoms with Crippen LogP contribution < -0.4 is 5.73 Å². The van der Waals surface area contributed by atoms with Gasteiger partial charge in [-0.15, -0.1) is 11.8 Å². The molecule has 2 N–H and O–H groups in total. The molecule has 2 amide bonds. The van der Waals surface area contributed by atoms with Gasteiger partial charge in [-0.1, -0.05) is 6.08 Å². The first-order valence-corrected chi connectivity index (χ1v) is 5.27. The highest BCUT2D eigenvalue weighted by Gasteiger charge is 2.47. The van der Waals surface area contributed by atoms with Crippen molar-refractivity contribution >= 4 is 23.8 Å². The fourth-order valence-electron chi connectivity index (χ4n) is 1.54. The number of fused-ring (bicyclic) bond motifs is 1.